The van der Waals surface area contributed by atoms with Crippen molar-refractivity contribution in [1.82, 2.24) is 9.88 Å². The summed E-state index contributed by atoms with van der Waals surface area (Å²) in [5, 5.41) is 10.8. The van der Waals surface area contributed by atoms with Crippen LogP contribution in [0.15, 0.2) is 30.0 Å². The standard InChI is InChI=1S/C21H28N2O2/c1-4-14-11-23-9-8-15-20-17(6-5-7-19(20)25-3)22-21(15)18(23)10-16(14)13(2)12-24/h5-7,12,14,16,18,22,24H,4,8-11H2,1-3H3/b13-12-/t14-,16-,18+/m1/s1. The van der Waals surface area contributed by atoms with Crippen molar-refractivity contribution in [2.75, 3.05) is 20.2 Å². The molecule has 0 spiro atoms. The van der Waals surface area contributed by atoms with E-state index in [1.807, 2.05) is 0 Å². The van der Waals surface area contributed by atoms with Gasteiger partial charge in [-0.3, -0.25) is 4.90 Å². The van der Waals surface area contributed by atoms with Gasteiger partial charge in [0.2, 0.25) is 0 Å². The third kappa shape index (κ3) is 2.54. The number of aliphatic hydroxyl groups is 1. The minimum Gasteiger partial charge on any atom is -0.516 e. The summed E-state index contributed by atoms with van der Waals surface area (Å²) < 4.78 is 5.62. The first-order valence-electron chi connectivity index (χ1n) is 9.40. The van der Waals surface area contributed by atoms with Gasteiger partial charge in [0.1, 0.15) is 5.75 Å². The van der Waals surface area contributed by atoms with Crippen molar-refractivity contribution in [1.29, 1.82) is 0 Å². The first-order chi connectivity index (χ1) is 12.2. The molecule has 3 heterocycles. The molecule has 0 unspecified atom stereocenters. The van der Waals surface area contributed by atoms with E-state index in [4.69, 9.17) is 4.74 Å². The second kappa shape index (κ2) is 6.41. The van der Waals surface area contributed by atoms with Gasteiger partial charge in [-0.15, -0.1) is 0 Å². The average molecular weight is 340 g/mol. The quantitative estimate of drug-likeness (QED) is 0.804. The lowest BCUT2D eigenvalue weighted by Crippen LogP contribution is -2.46. The van der Waals surface area contributed by atoms with Crippen molar-refractivity contribution in [2.45, 2.75) is 39.2 Å². The maximum Gasteiger partial charge on any atom is 0.128 e. The molecule has 0 aliphatic carbocycles. The van der Waals surface area contributed by atoms with Crippen molar-refractivity contribution in [3.8, 4) is 5.75 Å². The molecule has 4 nitrogen and oxygen atoms in total. The summed E-state index contributed by atoms with van der Waals surface area (Å²) in [7, 11) is 1.75. The molecule has 4 rings (SSSR count). The molecule has 2 aliphatic heterocycles. The van der Waals surface area contributed by atoms with E-state index >= 15 is 0 Å². The predicted molar refractivity (Wildman–Crippen MR) is 101 cm³/mol. The van der Waals surface area contributed by atoms with E-state index in [2.05, 4.69) is 41.9 Å². The second-order valence-electron chi connectivity index (χ2n) is 7.54. The van der Waals surface area contributed by atoms with Gasteiger partial charge < -0.3 is 14.8 Å². The fourth-order valence-corrected chi connectivity index (χ4v) is 5.02. The monoisotopic (exact) mass is 340 g/mol. The molecule has 1 saturated heterocycles. The van der Waals surface area contributed by atoms with Crippen molar-refractivity contribution in [3.05, 3.63) is 41.3 Å². The molecule has 134 valence electrons. The van der Waals surface area contributed by atoms with Crippen LogP contribution in [0.4, 0.5) is 0 Å². The molecule has 2 aliphatic rings. The number of hydrogen-bond donors (Lipinski definition) is 2. The maximum atomic E-state index is 9.57. The number of hydrogen-bond acceptors (Lipinski definition) is 3. The molecular formula is C21H28N2O2. The summed E-state index contributed by atoms with van der Waals surface area (Å²) in [6, 6.07) is 6.66. The lowest BCUT2D eigenvalue weighted by Gasteiger charge is -2.46. The number of benzene rings is 1. The minimum absolute atomic E-state index is 0.406. The Balaban J connectivity index is 1.78. The highest BCUT2D eigenvalue weighted by atomic mass is 16.5. The number of aromatic nitrogens is 1. The summed E-state index contributed by atoms with van der Waals surface area (Å²) in [4.78, 5) is 6.34. The Morgan fingerprint density at radius 1 is 1.44 bits per heavy atom. The molecular weight excluding hydrogens is 312 g/mol. The predicted octanol–water partition coefficient (Wildman–Crippen LogP) is 4.58. The fraction of sp³-hybridized carbons (Fsp3) is 0.524. The Hall–Kier alpha value is -1.94. The summed E-state index contributed by atoms with van der Waals surface area (Å²) in [6.45, 7) is 6.56. The van der Waals surface area contributed by atoms with Gasteiger partial charge >= 0.3 is 0 Å². The van der Waals surface area contributed by atoms with Gasteiger partial charge in [-0.1, -0.05) is 19.4 Å². The summed E-state index contributed by atoms with van der Waals surface area (Å²) in [5.74, 6) is 2.05. The number of allylic oxidation sites excluding steroid dienone is 1. The number of aliphatic hydroxyl groups excluding tert-OH is 1. The van der Waals surface area contributed by atoms with Crippen LogP contribution < -0.4 is 4.74 Å². The van der Waals surface area contributed by atoms with Crippen molar-refractivity contribution in [2.24, 2.45) is 11.8 Å². The van der Waals surface area contributed by atoms with Gasteiger partial charge in [0.25, 0.3) is 0 Å². The summed E-state index contributed by atoms with van der Waals surface area (Å²) >= 11 is 0. The fourth-order valence-electron chi connectivity index (χ4n) is 5.02. The number of nitrogens with zero attached hydrogens (tertiary/aromatic N) is 1. The lowest BCUT2D eigenvalue weighted by molar-refractivity contribution is 0.0629. The van der Waals surface area contributed by atoms with Gasteiger partial charge in [0.15, 0.2) is 0 Å². The van der Waals surface area contributed by atoms with Crippen LogP contribution in [0.5, 0.6) is 5.75 Å². The first-order valence-corrected chi connectivity index (χ1v) is 9.40. The van der Waals surface area contributed by atoms with Crippen molar-refractivity contribution < 1.29 is 9.84 Å². The highest BCUT2D eigenvalue weighted by Gasteiger charge is 2.40. The molecule has 0 saturated carbocycles. The smallest absolute Gasteiger partial charge is 0.128 e. The van der Waals surface area contributed by atoms with Gasteiger partial charge in [0, 0.05) is 29.7 Å². The highest BCUT2D eigenvalue weighted by molar-refractivity contribution is 5.91. The van der Waals surface area contributed by atoms with Crippen LogP contribution in [0.3, 0.4) is 0 Å². The topological polar surface area (TPSA) is 48.5 Å². The Kier molecular flexibility index (Phi) is 4.24. The van der Waals surface area contributed by atoms with Crippen LogP contribution in [-0.2, 0) is 6.42 Å². The molecule has 1 aromatic carbocycles. The molecule has 4 heteroatoms. The third-order valence-electron chi connectivity index (χ3n) is 6.39. The van der Waals surface area contributed by atoms with Gasteiger partial charge in [-0.25, -0.2) is 0 Å². The number of piperidine rings is 1. The number of ether oxygens (including phenoxy) is 1. The lowest BCUT2D eigenvalue weighted by atomic mass is 9.74. The van der Waals surface area contributed by atoms with Crippen LogP contribution in [0.1, 0.15) is 44.0 Å². The highest BCUT2D eigenvalue weighted by Crippen LogP contribution is 2.46. The number of nitrogens with one attached hydrogen (secondary N) is 1. The molecule has 0 radical (unpaired) electrons. The second-order valence-corrected chi connectivity index (χ2v) is 7.54. The number of fused-ring (bicyclic) bond motifs is 5. The maximum absolute atomic E-state index is 9.57. The molecule has 3 atom stereocenters. The summed E-state index contributed by atoms with van der Waals surface area (Å²) in [5.41, 5.74) is 5.08. The van der Waals surface area contributed by atoms with E-state index in [1.54, 1.807) is 7.11 Å². The van der Waals surface area contributed by atoms with E-state index in [-0.39, 0.29) is 0 Å². The van der Waals surface area contributed by atoms with E-state index in [0.717, 1.165) is 43.7 Å². The first kappa shape index (κ1) is 16.5. The van der Waals surface area contributed by atoms with Crippen LogP contribution in [0, 0.1) is 11.8 Å². The molecule has 0 amide bonds. The largest absolute Gasteiger partial charge is 0.516 e. The van der Waals surface area contributed by atoms with E-state index in [0.29, 0.717) is 17.9 Å². The number of methoxy groups -OCH3 is 1. The van der Waals surface area contributed by atoms with Crippen molar-refractivity contribution >= 4 is 10.9 Å². The zero-order valence-electron chi connectivity index (χ0n) is 15.4. The van der Waals surface area contributed by atoms with Crippen LogP contribution in [0.25, 0.3) is 10.9 Å². The van der Waals surface area contributed by atoms with Crippen LogP contribution in [-0.4, -0.2) is 35.2 Å². The molecule has 1 fully saturated rings. The van der Waals surface area contributed by atoms with Crippen LogP contribution in [0.2, 0.25) is 0 Å². The zero-order chi connectivity index (χ0) is 17.6. The normalized spacial score (nSPS) is 27.2. The number of aromatic amines is 1. The molecule has 25 heavy (non-hydrogen) atoms. The molecule has 2 aromatic rings. The van der Waals surface area contributed by atoms with Gasteiger partial charge in [-0.2, -0.15) is 0 Å². The van der Waals surface area contributed by atoms with Gasteiger partial charge in [-0.05, 0) is 54.9 Å². The Labute approximate surface area is 149 Å². The third-order valence-corrected chi connectivity index (χ3v) is 6.39. The summed E-state index contributed by atoms with van der Waals surface area (Å²) in [6.07, 6.45) is 4.62. The van der Waals surface area contributed by atoms with E-state index in [1.165, 1.54) is 28.4 Å². The minimum atomic E-state index is 0.406. The Bertz CT molecular complexity index is 808. The van der Waals surface area contributed by atoms with E-state index < -0.39 is 0 Å². The molecule has 0 bridgehead atoms. The van der Waals surface area contributed by atoms with Gasteiger partial charge in [0.05, 0.1) is 19.4 Å². The zero-order valence-corrected chi connectivity index (χ0v) is 15.4. The molecule has 2 N–H and O–H groups in total. The average Bonchev–Trinajstić information content (AvgIpc) is 3.05. The van der Waals surface area contributed by atoms with Crippen molar-refractivity contribution in [3.63, 3.8) is 0 Å². The van der Waals surface area contributed by atoms with Crippen LogP contribution >= 0.6 is 0 Å². The number of rotatable bonds is 3. The Morgan fingerprint density at radius 2 is 2.28 bits per heavy atom. The number of H-pyrrole nitrogens is 1. The Morgan fingerprint density at radius 3 is 3.00 bits per heavy atom. The molecule has 1 aromatic heterocycles. The van der Waals surface area contributed by atoms with E-state index in [9.17, 15) is 5.11 Å². The SMILES string of the molecule is CC[C@@H]1CN2CCc3c([nH]c4cccc(OC)c34)[C@@H]2C[C@@H]1/C(C)=C\O.